The van der Waals surface area contributed by atoms with Gasteiger partial charge in [-0.05, 0) is 80.4 Å². The number of carbonyl (C=O) groups excluding carboxylic acids is 1. The van der Waals surface area contributed by atoms with E-state index in [0.717, 1.165) is 11.1 Å². The quantitative estimate of drug-likeness (QED) is 0.172. The minimum absolute atomic E-state index is 0.0137. The molecule has 12 heteroatoms. The van der Waals surface area contributed by atoms with Crippen LogP contribution in [0.25, 0.3) is 0 Å². The highest BCUT2D eigenvalue weighted by Gasteiger charge is 2.21. The van der Waals surface area contributed by atoms with E-state index in [1.165, 1.54) is 6.07 Å². The lowest BCUT2D eigenvalue weighted by Gasteiger charge is -2.08. The molecule has 0 aliphatic heterocycles. The molecule has 2 N–H and O–H groups in total. The van der Waals surface area contributed by atoms with Crippen LogP contribution in [0.2, 0.25) is 0 Å². The molecule has 12 nitrogen and oxygen atoms in total. The van der Waals surface area contributed by atoms with Crippen LogP contribution in [0.3, 0.4) is 0 Å². The van der Waals surface area contributed by atoms with Gasteiger partial charge in [0.05, 0.1) is 17.2 Å². The summed E-state index contributed by atoms with van der Waals surface area (Å²) in [4.78, 5) is 34.4. The molecule has 4 rings (SSSR count). The molecule has 2 aromatic carbocycles. The number of carboxylic acid groups (broad SMARTS) is 1. The number of nitro groups is 1. The van der Waals surface area contributed by atoms with Crippen LogP contribution in [-0.4, -0.2) is 37.4 Å². The number of furan rings is 1. The Morgan fingerprint density at radius 2 is 1.87 bits per heavy atom. The molecule has 2 aromatic heterocycles. The first kappa shape index (κ1) is 26.8. The van der Waals surface area contributed by atoms with Crippen molar-refractivity contribution in [2.24, 2.45) is 5.10 Å². The van der Waals surface area contributed by atoms with Gasteiger partial charge in [0.15, 0.2) is 0 Å². The molecule has 0 aliphatic carbocycles. The molecule has 1 amide bonds. The van der Waals surface area contributed by atoms with Crippen LogP contribution in [0.15, 0.2) is 70.2 Å². The average Bonchev–Trinajstić information content (AvgIpc) is 3.50. The monoisotopic (exact) mass is 531 g/mol. The van der Waals surface area contributed by atoms with Crippen molar-refractivity contribution in [3.05, 3.63) is 110 Å². The normalized spacial score (nSPS) is 11.3. The molecule has 0 spiro atoms. The molecule has 39 heavy (non-hydrogen) atoms. The number of nitrogens with one attached hydrogen (secondary N) is 1. The highest BCUT2D eigenvalue weighted by molar-refractivity contribution is 6.01. The lowest BCUT2D eigenvalue weighted by atomic mass is 10.1. The van der Waals surface area contributed by atoms with Crippen molar-refractivity contribution in [1.29, 1.82) is 0 Å². The van der Waals surface area contributed by atoms with Crippen molar-refractivity contribution >= 4 is 23.3 Å². The summed E-state index contributed by atoms with van der Waals surface area (Å²) in [5.74, 6) is -0.771. The highest BCUT2D eigenvalue weighted by Crippen LogP contribution is 2.23. The zero-order chi connectivity index (χ0) is 28.1. The Kier molecular flexibility index (Phi) is 7.85. The van der Waals surface area contributed by atoms with Gasteiger partial charge in [0.25, 0.3) is 5.91 Å². The first-order valence-corrected chi connectivity index (χ1v) is 11.8. The molecule has 0 saturated carbocycles. The minimum Gasteiger partial charge on any atom is -0.486 e. The van der Waals surface area contributed by atoms with E-state index in [-0.39, 0.29) is 24.6 Å². The van der Waals surface area contributed by atoms with E-state index >= 15 is 0 Å². The topological polar surface area (TPSA) is 162 Å². The number of hydrogen-bond donors (Lipinski definition) is 2. The van der Waals surface area contributed by atoms with Gasteiger partial charge in [-0.15, -0.1) is 0 Å². The summed E-state index contributed by atoms with van der Waals surface area (Å²) < 4.78 is 12.3. The van der Waals surface area contributed by atoms with Crippen molar-refractivity contribution < 1.29 is 28.8 Å². The zero-order valence-electron chi connectivity index (χ0n) is 21.4. The van der Waals surface area contributed by atoms with Crippen LogP contribution in [0.1, 0.15) is 56.1 Å². The fourth-order valence-corrected chi connectivity index (χ4v) is 3.87. The number of hydrazone groups is 1. The highest BCUT2D eigenvalue weighted by atomic mass is 16.6. The molecule has 2 heterocycles. The maximum absolute atomic E-state index is 12.7. The Morgan fingerprint density at radius 1 is 1.13 bits per heavy atom. The molecule has 0 saturated heterocycles. The van der Waals surface area contributed by atoms with E-state index in [1.807, 2.05) is 6.07 Å². The van der Waals surface area contributed by atoms with E-state index in [9.17, 15) is 19.7 Å². The number of ether oxygens (including phenoxy) is 1. The predicted molar refractivity (Wildman–Crippen MR) is 140 cm³/mol. The minimum atomic E-state index is -1.15. The molecular formula is C27H25N5O7. The van der Waals surface area contributed by atoms with Gasteiger partial charge in [-0.25, -0.2) is 10.2 Å². The van der Waals surface area contributed by atoms with Gasteiger partial charge in [0.1, 0.15) is 29.5 Å². The van der Waals surface area contributed by atoms with Gasteiger partial charge in [0, 0.05) is 5.56 Å². The molecule has 0 radical (unpaired) electrons. The van der Waals surface area contributed by atoms with Gasteiger partial charge in [0.2, 0.25) is 5.76 Å². The SMILES string of the molecule is CC(=NNC(=O)c1cccc(Cn2nc(C)c([N+](=O)[O-])c2C)c1)c1ccc(OCc2ccc(C(=O)O)o2)cc1. The van der Waals surface area contributed by atoms with Crippen LogP contribution in [-0.2, 0) is 13.2 Å². The Hall–Kier alpha value is -5.26. The van der Waals surface area contributed by atoms with E-state index in [1.54, 1.807) is 74.0 Å². The van der Waals surface area contributed by atoms with Gasteiger partial charge >= 0.3 is 11.7 Å². The van der Waals surface area contributed by atoms with E-state index in [4.69, 9.17) is 14.3 Å². The Morgan fingerprint density at radius 3 is 2.51 bits per heavy atom. The summed E-state index contributed by atoms with van der Waals surface area (Å²) in [5, 5.41) is 28.6. The number of carboxylic acids is 1. The van der Waals surface area contributed by atoms with Gasteiger partial charge < -0.3 is 14.3 Å². The maximum atomic E-state index is 12.7. The van der Waals surface area contributed by atoms with E-state index < -0.39 is 16.8 Å². The Balaban J connectivity index is 1.36. The average molecular weight is 532 g/mol. The number of aryl methyl sites for hydroxylation is 1. The summed E-state index contributed by atoms with van der Waals surface area (Å²) in [6.45, 7) is 5.33. The summed E-state index contributed by atoms with van der Waals surface area (Å²) in [5.41, 5.74) is 5.78. The Bertz CT molecular complexity index is 1570. The molecule has 0 bridgehead atoms. The van der Waals surface area contributed by atoms with Crippen LogP contribution >= 0.6 is 0 Å². The molecule has 0 unspecified atom stereocenters. The Labute approximate surface area is 222 Å². The summed E-state index contributed by atoms with van der Waals surface area (Å²) in [6, 6.07) is 16.8. The fraction of sp³-hybridized carbons (Fsp3) is 0.185. The van der Waals surface area contributed by atoms with Crippen LogP contribution in [0, 0.1) is 24.0 Å². The van der Waals surface area contributed by atoms with Gasteiger partial charge in [-0.2, -0.15) is 10.2 Å². The summed E-state index contributed by atoms with van der Waals surface area (Å²) in [7, 11) is 0. The third kappa shape index (κ3) is 6.36. The number of amides is 1. The fourth-order valence-electron chi connectivity index (χ4n) is 3.87. The summed E-state index contributed by atoms with van der Waals surface area (Å²) in [6.07, 6.45) is 0. The second kappa shape index (κ2) is 11.4. The number of benzene rings is 2. The lowest BCUT2D eigenvalue weighted by molar-refractivity contribution is -0.386. The first-order valence-electron chi connectivity index (χ1n) is 11.8. The lowest BCUT2D eigenvalue weighted by Crippen LogP contribution is -2.19. The van der Waals surface area contributed by atoms with Crippen molar-refractivity contribution in [2.75, 3.05) is 0 Å². The largest absolute Gasteiger partial charge is 0.486 e. The van der Waals surface area contributed by atoms with E-state index in [2.05, 4.69) is 15.6 Å². The standard InChI is InChI=1S/C27H25N5O7/c1-16(20-7-9-22(10-8-20)38-15-23-11-12-24(39-23)27(34)35)28-29-26(33)21-6-4-5-19(13-21)14-31-18(3)25(32(36)37)17(2)30-31/h4-13H,14-15H2,1-3H3,(H,29,33)(H,34,35). The predicted octanol–water partition coefficient (Wildman–Crippen LogP) is 4.48. The number of nitrogens with zero attached hydrogens (tertiary/aromatic N) is 4. The first-order chi connectivity index (χ1) is 18.6. The number of hydrogen-bond acceptors (Lipinski definition) is 8. The summed E-state index contributed by atoms with van der Waals surface area (Å²) >= 11 is 0. The zero-order valence-corrected chi connectivity index (χ0v) is 21.4. The maximum Gasteiger partial charge on any atom is 0.371 e. The molecule has 0 fully saturated rings. The molecule has 200 valence electrons. The molecule has 4 aromatic rings. The third-order valence-corrected chi connectivity index (χ3v) is 5.90. The van der Waals surface area contributed by atoms with Gasteiger partial charge in [-0.3, -0.25) is 19.6 Å². The van der Waals surface area contributed by atoms with Crippen molar-refractivity contribution in [3.63, 3.8) is 0 Å². The number of aromatic carboxylic acids is 1. The molecule has 0 atom stereocenters. The van der Waals surface area contributed by atoms with Crippen LogP contribution < -0.4 is 10.2 Å². The van der Waals surface area contributed by atoms with Crippen LogP contribution in [0.5, 0.6) is 5.75 Å². The number of aromatic nitrogens is 2. The second-order valence-corrected chi connectivity index (χ2v) is 8.66. The van der Waals surface area contributed by atoms with Crippen molar-refractivity contribution in [2.45, 2.75) is 33.9 Å². The third-order valence-electron chi connectivity index (χ3n) is 5.90. The van der Waals surface area contributed by atoms with E-state index in [0.29, 0.717) is 34.2 Å². The number of rotatable bonds is 10. The van der Waals surface area contributed by atoms with Crippen molar-refractivity contribution in [3.8, 4) is 5.75 Å². The smallest absolute Gasteiger partial charge is 0.371 e. The second-order valence-electron chi connectivity index (χ2n) is 8.66. The van der Waals surface area contributed by atoms with Crippen LogP contribution in [0.4, 0.5) is 5.69 Å². The van der Waals surface area contributed by atoms with Crippen molar-refractivity contribution in [1.82, 2.24) is 15.2 Å². The van der Waals surface area contributed by atoms with Gasteiger partial charge in [-0.1, -0.05) is 12.1 Å². The molecular weight excluding hydrogens is 506 g/mol. The molecule has 0 aliphatic rings. The number of carbonyl (C=O) groups is 2.